The maximum atomic E-state index is 13.5. The highest BCUT2D eigenvalue weighted by Gasteiger charge is 2.55. The zero-order chi connectivity index (χ0) is 24.7. The molecular weight excluding hydrogens is 437 g/mol. The Bertz CT molecular complexity index is 910. The van der Waals surface area contributed by atoms with Gasteiger partial charge >= 0.3 is 7.12 Å². The Balaban J connectivity index is 1.28. The molecule has 3 aliphatic carbocycles. The van der Waals surface area contributed by atoms with Gasteiger partial charge in [-0.2, -0.15) is 0 Å². The number of amides is 1. The molecule has 0 bridgehead atoms. The van der Waals surface area contributed by atoms with Crippen LogP contribution in [0.3, 0.4) is 0 Å². The van der Waals surface area contributed by atoms with Gasteiger partial charge in [0.05, 0.1) is 16.6 Å². The predicted octanol–water partition coefficient (Wildman–Crippen LogP) is 5.16. The molecule has 5 nitrogen and oxygen atoms in total. The molecule has 0 spiro atoms. The number of nitrogens with zero attached hydrogens (tertiary/aromatic N) is 1. The Morgan fingerprint density at radius 1 is 0.971 bits per heavy atom. The van der Waals surface area contributed by atoms with E-state index in [0.717, 1.165) is 36.9 Å². The smallest absolute Gasteiger partial charge is 0.400 e. The molecule has 1 N–H and O–H groups in total. The average molecular weight is 476 g/mol. The molecule has 0 radical (unpaired) electrons. The van der Waals surface area contributed by atoms with Crippen LogP contribution >= 0.6 is 0 Å². The van der Waals surface area contributed by atoms with Crippen LogP contribution in [0, 0.1) is 5.41 Å². The molecule has 188 valence electrons. The second-order valence-corrected chi connectivity index (χ2v) is 12.6. The van der Waals surface area contributed by atoms with E-state index in [-0.39, 0.29) is 44.0 Å². The van der Waals surface area contributed by atoms with Gasteiger partial charge in [-0.3, -0.25) is 4.79 Å². The summed E-state index contributed by atoms with van der Waals surface area (Å²) in [6.07, 6.45) is 6.56. The van der Waals surface area contributed by atoms with Crippen molar-refractivity contribution in [3.63, 3.8) is 0 Å². The third kappa shape index (κ3) is 3.98. The number of nitrogens with one attached hydrogen (secondary N) is 1. The van der Waals surface area contributed by atoms with Gasteiger partial charge in [-0.05, 0) is 97.2 Å². The fourth-order valence-corrected chi connectivity index (χ4v) is 6.14. The minimum atomic E-state index is -2.50. The standard InChI is InChI=1S/C26H39BF2N2O3/c1-23(2)20-8-7-16(27-33-24(3,4)25(5,6)34-27)13-21(20)31(22(23)32)19-14-18(15-19)30-17-9-11-26(28,29)12-10-17/h13,17-19,30H,7-12,14-15H2,1-6H3. The molecular formula is C26H39BF2N2O3. The third-order valence-corrected chi connectivity index (χ3v) is 9.29. The first kappa shape index (κ1) is 24.4. The third-order valence-electron chi connectivity index (χ3n) is 9.29. The fourth-order valence-electron chi connectivity index (χ4n) is 6.14. The van der Waals surface area contributed by atoms with Crippen LogP contribution in [0.4, 0.5) is 8.78 Å². The van der Waals surface area contributed by atoms with Gasteiger partial charge in [-0.25, -0.2) is 8.78 Å². The molecule has 34 heavy (non-hydrogen) atoms. The van der Waals surface area contributed by atoms with E-state index in [9.17, 15) is 13.6 Å². The Hall–Kier alpha value is -1.25. The lowest BCUT2D eigenvalue weighted by Crippen LogP contribution is -2.56. The molecule has 2 heterocycles. The maximum absolute atomic E-state index is 13.5. The van der Waals surface area contributed by atoms with E-state index in [4.69, 9.17) is 9.31 Å². The number of rotatable bonds is 4. The van der Waals surface area contributed by atoms with Gasteiger partial charge in [0.15, 0.2) is 0 Å². The van der Waals surface area contributed by atoms with Crippen molar-refractivity contribution >= 4 is 13.0 Å². The number of carbonyl (C=O) groups excluding carboxylic acids is 1. The lowest BCUT2D eigenvalue weighted by Gasteiger charge is -2.45. The molecule has 0 atom stereocenters. The largest absolute Gasteiger partial charge is 0.490 e. The second-order valence-electron chi connectivity index (χ2n) is 12.6. The normalized spacial score (nSPS) is 34.2. The predicted molar refractivity (Wildman–Crippen MR) is 128 cm³/mol. The molecule has 0 aromatic heterocycles. The fraction of sp³-hybridized carbons (Fsp3) is 0.808. The minimum Gasteiger partial charge on any atom is -0.400 e. The van der Waals surface area contributed by atoms with Crippen molar-refractivity contribution in [1.29, 1.82) is 0 Å². The van der Waals surface area contributed by atoms with Gasteiger partial charge in [-0.15, -0.1) is 0 Å². The van der Waals surface area contributed by atoms with E-state index < -0.39 is 22.5 Å². The summed E-state index contributed by atoms with van der Waals surface area (Å²) in [6.45, 7) is 12.3. The quantitative estimate of drug-likeness (QED) is 0.570. The number of carbonyl (C=O) groups is 1. The van der Waals surface area contributed by atoms with Gasteiger partial charge in [-0.1, -0.05) is 0 Å². The van der Waals surface area contributed by atoms with Crippen LogP contribution in [-0.4, -0.2) is 53.2 Å². The molecule has 5 rings (SSSR count). The Morgan fingerprint density at radius 3 is 2.15 bits per heavy atom. The van der Waals surface area contributed by atoms with E-state index in [0.29, 0.717) is 12.8 Å². The van der Waals surface area contributed by atoms with Crippen molar-refractivity contribution in [2.45, 2.75) is 128 Å². The second kappa shape index (κ2) is 7.88. The summed E-state index contributed by atoms with van der Waals surface area (Å²) in [5.41, 5.74) is 2.06. The SMILES string of the molecule is CC1(C)C(=O)N(C2CC(NC3CCC(F)(F)CC3)C2)C2=C1CCC(B1OC(C)(C)C(C)(C)O1)=C2. The molecule has 2 saturated carbocycles. The number of alkyl halides is 2. The van der Waals surface area contributed by atoms with Crippen molar-refractivity contribution in [3.8, 4) is 0 Å². The summed E-state index contributed by atoms with van der Waals surface area (Å²) in [5, 5.41) is 3.58. The summed E-state index contributed by atoms with van der Waals surface area (Å²) >= 11 is 0. The van der Waals surface area contributed by atoms with Crippen LogP contribution in [0.2, 0.25) is 0 Å². The molecule has 1 amide bonds. The van der Waals surface area contributed by atoms with Gasteiger partial charge in [0.25, 0.3) is 0 Å². The summed E-state index contributed by atoms with van der Waals surface area (Å²) in [4.78, 5) is 15.5. The Labute approximate surface area is 202 Å². The number of hydrogen-bond acceptors (Lipinski definition) is 4. The first-order chi connectivity index (χ1) is 15.7. The summed E-state index contributed by atoms with van der Waals surface area (Å²) < 4.78 is 39.6. The number of allylic oxidation sites excluding steroid dienone is 2. The van der Waals surface area contributed by atoms with Crippen molar-refractivity contribution in [1.82, 2.24) is 10.2 Å². The topological polar surface area (TPSA) is 50.8 Å². The van der Waals surface area contributed by atoms with Crippen molar-refractivity contribution in [2.24, 2.45) is 5.41 Å². The van der Waals surface area contributed by atoms with Crippen LogP contribution in [0.25, 0.3) is 0 Å². The molecule has 0 unspecified atom stereocenters. The average Bonchev–Trinajstić information content (AvgIpc) is 3.05. The summed E-state index contributed by atoms with van der Waals surface area (Å²) in [7, 11) is -0.389. The van der Waals surface area contributed by atoms with E-state index >= 15 is 0 Å². The lowest BCUT2D eigenvalue weighted by molar-refractivity contribution is -0.137. The zero-order valence-electron chi connectivity index (χ0n) is 21.5. The van der Waals surface area contributed by atoms with Gasteiger partial charge in [0.2, 0.25) is 11.8 Å². The highest BCUT2D eigenvalue weighted by Crippen LogP contribution is 2.50. The first-order valence-corrected chi connectivity index (χ1v) is 13.0. The molecule has 8 heteroatoms. The van der Waals surface area contributed by atoms with E-state index in [1.165, 1.54) is 5.57 Å². The minimum absolute atomic E-state index is 0.0254. The monoisotopic (exact) mass is 476 g/mol. The first-order valence-electron chi connectivity index (χ1n) is 13.0. The summed E-state index contributed by atoms with van der Waals surface area (Å²) in [5.74, 6) is -2.33. The highest BCUT2D eigenvalue weighted by molar-refractivity contribution is 6.54. The van der Waals surface area contributed by atoms with Crippen LogP contribution in [0.1, 0.15) is 92.9 Å². The van der Waals surface area contributed by atoms with E-state index in [2.05, 4.69) is 39.1 Å². The Kier molecular flexibility index (Phi) is 5.66. The van der Waals surface area contributed by atoms with Crippen LogP contribution in [0.5, 0.6) is 0 Å². The molecule has 3 fully saturated rings. The van der Waals surface area contributed by atoms with Gasteiger partial charge in [0, 0.05) is 36.7 Å². The molecule has 2 aliphatic heterocycles. The molecule has 5 aliphatic rings. The lowest BCUT2D eigenvalue weighted by atomic mass is 9.70. The number of hydrogen-bond donors (Lipinski definition) is 1. The van der Waals surface area contributed by atoms with Crippen LogP contribution in [0.15, 0.2) is 22.8 Å². The van der Waals surface area contributed by atoms with E-state index in [1.54, 1.807) is 0 Å². The molecule has 0 aromatic rings. The molecule has 0 aromatic carbocycles. The van der Waals surface area contributed by atoms with Crippen LogP contribution < -0.4 is 5.32 Å². The van der Waals surface area contributed by atoms with Crippen molar-refractivity contribution in [2.75, 3.05) is 0 Å². The van der Waals surface area contributed by atoms with Crippen LogP contribution in [-0.2, 0) is 14.1 Å². The van der Waals surface area contributed by atoms with E-state index in [1.807, 2.05) is 18.7 Å². The maximum Gasteiger partial charge on any atom is 0.490 e. The van der Waals surface area contributed by atoms with Gasteiger partial charge < -0.3 is 19.5 Å². The van der Waals surface area contributed by atoms with Crippen molar-refractivity contribution in [3.05, 3.63) is 22.8 Å². The molecule has 1 saturated heterocycles. The zero-order valence-corrected chi connectivity index (χ0v) is 21.5. The highest BCUT2D eigenvalue weighted by atomic mass is 19.3. The van der Waals surface area contributed by atoms with Gasteiger partial charge in [0.1, 0.15) is 0 Å². The van der Waals surface area contributed by atoms with Crippen molar-refractivity contribution < 1.29 is 22.9 Å². The number of halogens is 2. The Morgan fingerprint density at radius 2 is 1.56 bits per heavy atom. The summed E-state index contributed by atoms with van der Waals surface area (Å²) in [6, 6.07) is 0.601.